The zero-order chi connectivity index (χ0) is 18.2. The molecule has 0 aliphatic carbocycles. The SMILES string of the molecule is CC(C)(NS(C)(=O)=O)c1noc(C2CCN(c3ccccc3Cl)C2)n1. The fraction of sp³-hybridized carbons (Fsp3) is 0.500. The predicted octanol–water partition coefficient (Wildman–Crippen LogP) is 2.50. The van der Waals surface area contributed by atoms with Gasteiger partial charge in [0, 0.05) is 13.1 Å². The molecule has 1 aliphatic rings. The van der Waals surface area contributed by atoms with Gasteiger partial charge < -0.3 is 9.42 Å². The summed E-state index contributed by atoms with van der Waals surface area (Å²) < 4.78 is 30.9. The minimum Gasteiger partial charge on any atom is -0.370 e. The Kier molecular flexibility index (Phi) is 4.78. The molecule has 2 aromatic rings. The normalized spacial score (nSPS) is 18.7. The maximum Gasteiger partial charge on any atom is 0.231 e. The number of sulfonamides is 1. The lowest BCUT2D eigenvalue weighted by atomic mass is 10.1. The Morgan fingerprint density at radius 3 is 2.76 bits per heavy atom. The number of halogens is 1. The second kappa shape index (κ2) is 6.59. The molecule has 136 valence electrons. The van der Waals surface area contributed by atoms with Gasteiger partial charge in [-0.3, -0.25) is 0 Å². The number of aromatic nitrogens is 2. The fourth-order valence-corrected chi connectivity index (χ4v) is 4.33. The van der Waals surface area contributed by atoms with Crippen LogP contribution in [0.15, 0.2) is 28.8 Å². The number of benzene rings is 1. The third-order valence-corrected chi connectivity index (χ3v) is 5.37. The molecule has 1 aromatic carbocycles. The molecule has 1 atom stereocenters. The number of nitrogens with one attached hydrogen (secondary N) is 1. The molecule has 0 amide bonds. The maximum absolute atomic E-state index is 11.5. The molecule has 1 saturated heterocycles. The molecular formula is C16H21ClN4O3S. The van der Waals surface area contributed by atoms with Crippen LogP contribution in [0.25, 0.3) is 0 Å². The summed E-state index contributed by atoms with van der Waals surface area (Å²) in [6.07, 6.45) is 1.97. The van der Waals surface area contributed by atoms with E-state index in [-0.39, 0.29) is 5.92 Å². The Morgan fingerprint density at radius 2 is 2.08 bits per heavy atom. The number of rotatable bonds is 5. The van der Waals surface area contributed by atoms with Crippen LogP contribution in [-0.4, -0.2) is 37.9 Å². The van der Waals surface area contributed by atoms with Crippen molar-refractivity contribution in [3.8, 4) is 0 Å². The van der Waals surface area contributed by atoms with E-state index in [4.69, 9.17) is 16.1 Å². The van der Waals surface area contributed by atoms with Gasteiger partial charge in [-0.1, -0.05) is 28.9 Å². The highest BCUT2D eigenvalue weighted by Crippen LogP contribution is 2.34. The molecule has 0 spiro atoms. The second-order valence-corrected chi connectivity index (χ2v) is 8.99. The van der Waals surface area contributed by atoms with E-state index in [1.807, 2.05) is 24.3 Å². The molecule has 3 rings (SSSR count). The molecular weight excluding hydrogens is 364 g/mol. The van der Waals surface area contributed by atoms with Crippen LogP contribution in [0.4, 0.5) is 5.69 Å². The number of anilines is 1. The molecule has 1 unspecified atom stereocenters. The van der Waals surface area contributed by atoms with Crippen LogP contribution in [0, 0.1) is 0 Å². The van der Waals surface area contributed by atoms with Crippen molar-refractivity contribution < 1.29 is 12.9 Å². The van der Waals surface area contributed by atoms with Gasteiger partial charge in [-0.15, -0.1) is 0 Å². The van der Waals surface area contributed by atoms with Crippen molar-refractivity contribution >= 4 is 27.3 Å². The highest BCUT2D eigenvalue weighted by Gasteiger charge is 2.34. The van der Waals surface area contributed by atoms with Gasteiger partial charge in [-0.25, -0.2) is 13.1 Å². The zero-order valence-electron chi connectivity index (χ0n) is 14.4. The first-order valence-electron chi connectivity index (χ1n) is 7.98. The summed E-state index contributed by atoms with van der Waals surface area (Å²) in [5, 5.41) is 4.69. The van der Waals surface area contributed by atoms with E-state index in [9.17, 15) is 8.42 Å². The van der Waals surface area contributed by atoms with E-state index in [0.29, 0.717) is 16.7 Å². The molecule has 2 heterocycles. The summed E-state index contributed by atoms with van der Waals surface area (Å²) in [5.41, 5.74) is 0.0570. The largest absolute Gasteiger partial charge is 0.370 e. The number of nitrogens with zero attached hydrogens (tertiary/aromatic N) is 3. The Morgan fingerprint density at radius 1 is 1.36 bits per heavy atom. The first kappa shape index (κ1) is 18.2. The molecule has 0 radical (unpaired) electrons. The van der Waals surface area contributed by atoms with Crippen LogP contribution >= 0.6 is 11.6 Å². The van der Waals surface area contributed by atoms with Gasteiger partial charge in [-0.2, -0.15) is 4.98 Å². The van der Waals surface area contributed by atoms with Gasteiger partial charge in [0.15, 0.2) is 5.82 Å². The van der Waals surface area contributed by atoms with Crippen LogP contribution in [0.3, 0.4) is 0 Å². The van der Waals surface area contributed by atoms with Gasteiger partial charge in [0.1, 0.15) is 0 Å². The van der Waals surface area contributed by atoms with Gasteiger partial charge in [0.05, 0.1) is 28.4 Å². The van der Waals surface area contributed by atoms with E-state index >= 15 is 0 Å². The molecule has 25 heavy (non-hydrogen) atoms. The van der Waals surface area contributed by atoms with E-state index in [1.165, 1.54) is 0 Å². The summed E-state index contributed by atoms with van der Waals surface area (Å²) in [5.74, 6) is 0.934. The van der Waals surface area contributed by atoms with Crippen molar-refractivity contribution in [1.29, 1.82) is 0 Å². The lowest BCUT2D eigenvalue weighted by Gasteiger charge is -2.20. The summed E-state index contributed by atoms with van der Waals surface area (Å²) in [6.45, 7) is 4.98. The molecule has 1 fully saturated rings. The van der Waals surface area contributed by atoms with Crippen LogP contribution in [0.2, 0.25) is 5.02 Å². The lowest BCUT2D eigenvalue weighted by molar-refractivity contribution is 0.341. The van der Waals surface area contributed by atoms with Crippen molar-refractivity contribution in [3.05, 3.63) is 41.0 Å². The van der Waals surface area contributed by atoms with E-state index in [0.717, 1.165) is 31.5 Å². The van der Waals surface area contributed by atoms with E-state index < -0.39 is 15.6 Å². The summed E-state index contributed by atoms with van der Waals surface area (Å²) >= 11 is 6.27. The summed E-state index contributed by atoms with van der Waals surface area (Å²) in [6, 6.07) is 7.72. The van der Waals surface area contributed by atoms with Crippen LogP contribution < -0.4 is 9.62 Å². The van der Waals surface area contributed by atoms with Crippen molar-refractivity contribution in [2.24, 2.45) is 0 Å². The van der Waals surface area contributed by atoms with Crippen molar-refractivity contribution in [3.63, 3.8) is 0 Å². The van der Waals surface area contributed by atoms with Gasteiger partial charge in [0.25, 0.3) is 0 Å². The molecule has 0 saturated carbocycles. The molecule has 1 aliphatic heterocycles. The highest BCUT2D eigenvalue weighted by atomic mass is 35.5. The predicted molar refractivity (Wildman–Crippen MR) is 96.3 cm³/mol. The molecule has 0 bridgehead atoms. The Hall–Kier alpha value is -1.64. The minimum absolute atomic E-state index is 0.0894. The Bertz CT molecular complexity index is 866. The quantitative estimate of drug-likeness (QED) is 0.852. The van der Waals surface area contributed by atoms with Crippen LogP contribution in [-0.2, 0) is 15.6 Å². The van der Waals surface area contributed by atoms with Crippen LogP contribution in [0.5, 0.6) is 0 Å². The Balaban J connectivity index is 1.75. The number of hydrogen-bond donors (Lipinski definition) is 1. The highest BCUT2D eigenvalue weighted by molar-refractivity contribution is 7.88. The first-order chi connectivity index (χ1) is 11.7. The third kappa shape index (κ3) is 4.13. The molecule has 1 N–H and O–H groups in total. The average Bonchev–Trinajstić information content (AvgIpc) is 3.14. The second-order valence-electron chi connectivity index (χ2n) is 6.84. The zero-order valence-corrected chi connectivity index (χ0v) is 15.9. The smallest absolute Gasteiger partial charge is 0.231 e. The van der Waals surface area contributed by atoms with Crippen LogP contribution in [0.1, 0.15) is 37.9 Å². The standard InChI is InChI=1S/C16H21ClN4O3S/c1-16(2,20-25(3,22)23)15-18-14(24-19-15)11-8-9-21(10-11)13-7-5-4-6-12(13)17/h4-7,11,20H,8-10H2,1-3H3. The third-order valence-electron chi connectivity index (χ3n) is 4.17. The van der Waals surface area contributed by atoms with Crippen molar-refractivity contribution in [2.45, 2.75) is 31.7 Å². The van der Waals surface area contributed by atoms with E-state index in [2.05, 4.69) is 19.8 Å². The van der Waals surface area contributed by atoms with Crippen molar-refractivity contribution in [1.82, 2.24) is 14.9 Å². The fourth-order valence-electron chi connectivity index (χ4n) is 3.05. The average molecular weight is 385 g/mol. The molecule has 7 nitrogen and oxygen atoms in total. The molecule has 9 heteroatoms. The monoisotopic (exact) mass is 384 g/mol. The number of para-hydroxylation sites is 1. The number of hydrogen-bond acceptors (Lipinski definition) is 6. The molecule has 1 aromatic heterocycles. The maximum atomic E-state index is 11.5. The summed E-state index contributed by atoms with van der Waals surface area (Å²) in [4.78, 5) is 6.63. The van der Waals surface area contributed by atoms with Gasteiger partial charge in [0.2, 0.25) is 15.9 Å². The van der Waals surface area contributed by atoms with Gasteiger partial charge in [-0.05, 0) is 32.4 Å². The van der Waals surface area contributed by atoms with E-state index in [1.54, 1.807) is 13.8 Å². The van der Waals surface area contributed by atoms with Crippen molar-refractivity contribution in [2.75, 3.05) is 24.2 Å². The summed E-state index contributed by atoms with van der Waals surface area (Å²) in [7, 11) is -3.38. The Labute approximate surface area is 152 Å². The minimum atomic E-state index is -3.38. The first-order valence-corrected chi connectivity index (χ1v) is 10.3. The topological polar surface area (TPSA) is 88.3 Å². The van der Waals surface area contributed by atoms with Gasteiger partial charge >= 0.3 is 0 Å². The lowest BCUT2D eigenvalue weighted by Crippen LogP contribution is -2.41.